The lowest BCUT2D eigenvalue weighted by atomic mass is 9.88. The van der Waals surface area contributed by atoms with E-state index in [-0.39, 0.29) is 5.92 Å². The van der Waals surface area contributed by atoms with Crippen molar-refractivity contribution in [3.05, 3.63) is 29.3 Å². The largest absolute Gasteiger partial charge is 0.497 e. The first kappa shape index (κ1) is 11.2. The maximum atomic E-state index is 12.2. The number of benzene rings is 1. The van der Waals surface area contributed by atoms with Gasteiger partial charge in [0.25, 0.3) is 0 Å². The molecule has 0 amide bonds. The second-order valence-electron chi connectivity index (χ2n) is 4.35. The number of ketones is 1. The summed E-state index contributed by atoms with van der Waals surface area (Å²) in [7, 11) is 1.63. The molecule has 0 spiro atoms. The molecule has 1 aliphatic carbocycles. The van der Waals surface area contributed by atoms with Crippen LogP contribution in [0.1, 0.15) is 48.5 Å². The summed E-state index contributed by atoms with van der Waals surface area (Å²) in [6.07, 6.45) is 1.96. The third-order valence-electron chi connectivity index (χ3n) is 3.63. The average Bonchev–Trinajstić information content (AvgIpc) is 2.60. The first-order valence-electron chi connectivity index (χ1n) is 5.95. The second kappa shape index (κ2) is 4.28. The molecule has 0 unspecified atom stereocenters. The number of fused-ring (bicyclic) bond motifs is 1. The molecular formula is C14H18O2. The van der Waals surface area contributed by atoms with E-state index in [0.29, 0.717) is 11.7 Å². The summed E-state index contributed by atoms with van der Waals surface area (Å²) in [5.74, 6) is 1.65. The van der Waals surface area contributed by atoms with Crippen LogP contribution in [0.15, 0.2) is 18.2 Å². The Kier molecular flexibility index (Phi) is 2.99. The van der Waals surface area contributed by atoms with Crippen LogP contribution < -0.4 is 4.74 Å². The SMILES string of the molecule is CC[C@@H]1c2ccc(OC)cc2C(=O)[C@@H]1CC. The normalized spacial score (nSPS) is 23.3. The third kappa shape index (κ3) is 1.53. The van der Waals surface area contributed by atoms with E-state index in [1.54, 1.807) is 7.11 Å². The van der Waals surface area contributed by atoms with Crippen molar-refractivity contribution in [2.45, 2.75) is 32.6 Å². The molecule has 0 aromatic heterocycles. The van der Waals surface area contributed by atoms with Crippen LogP contribution in [-0.4, -0.2) is 12.9 Å². The highest BCUT2D eigenvalue weighted by molar-refractivity contribution is 6.03. The predicted molar refractivity (Wildman–Crippen MR) is 64.1 cm³/mol. The van der Waals surface area contributed by atoms with Gasteiger partial charge < -0.3 is 4.74 Å². The van der Waals surface area contributed by atoms with E-state index in [9.17, 15) is 4.79 Å². The molecule has 1 aromatic carbocycles. The van der Waals surface area contributed by atoms with Crippen molar-refractivity contribution >= 4 is 5.78 Å². The van der Waals surface area contributed by atoms with Crippen LogP contribution in [0.25, 0.3) is 0 Å². The Morgan fingerprint density at radius 1 is 1.19 bits per heavy atom. The van der Waals surface area contributed by atoms with Crippen molar-refractivity contribution in [2.75, 3.05) is 7.11 Å². The topological polar surface area (TPSA) is 26.3 Å². The van der Waals surface area contributed by atoms with Crippen LogP contribution in [0, 0.1) is 5.92 Å². The molecular weight excluding hydrogens is 200 g/mol. The van der Waals surface area contributed by atoms with Gasteiger partial charge in [-0.3, -0.25) is 4.79 Å². The Labute approximate surface area is 96.6 Å². The zero-order valence-electron chi connectivity index (χ0n) is 10.1. The molecule has 0 aliphatic heterocycles. The van der Waals surface area contributed by atoms with Crippen LogP contribution in [-0.2, 0) is 0 Å². The van der Waals surface area contributed by atoms with Gasteiger partial charge in [-0.2, -0.15) is 0 Å². The maximum absolute atomic E-state index is 12.2. The molecule has 0 fully saturated rings. The predicted octanol–water partition coefficient (Wildman–Crippen LogP) is 3.41. The number of carbonyl (C=O) groups excluding carboxylic acids is 1. The fourth-order valence-corrected chi connectivity index (χ4v) is 2.77. The van der Waals surface area contributed by atoms with Gasteiger partial charge in [0.05, 0.1) is 7.11 Å². The fraction of sp³-hybridized carbons (Fsp3) is 0.500. The molecule has 2 rings (SSSR count). The summed E-state index contributed by atoms with van der Waals surface area (Å²) in [5.41, 5.74) is 2.08. The minimum absolute atomic E-state index is 0.173. The van der Waals surface area contributed by atoms with Crippen molar-refractivity contribution in [3.8, 4) is 5.75 Å². The van der Waals surface area contributed by atoms with Gasteiger partial charge in [-0.15, -0.1) is 0 Å². The first-order valence-corrected chi connectivity index (χ1v) is 5.95. The minimum Gasteiger partial charge on any atom is -0.497 e. The molecule has 1 aromatic rings. The Hall–Kier alpha value is -1.31. The standard InChI is InChI=1S/C14H18O2/c1-4-10-11(5-2)14(15)13-8-9(16-3)6-7-12(10)13/h6-8,10-11H,4-5H2,1-3H3/t10-,11+/m0/s1. The minimum atomic E-state index is 0.173. The van der Waals surface area contributed by atoms with Crippen molar-refractivity contribution in [3.63, 3.8) is 0 Å². The number of ether oxygens (including phenoxy) is 1. The monoisotopic (exact) mass is 218 g/mol. The summed E-state index contributed by atoms with van der Waals surface area (Å²) in [5, 5.41) is 0. The number of Topliss-reactive ketones (excluding diaryl/α,β-unsaturated/α-hetero) is 1. The van der Waals surface area contributed by atoms with E-state index in [2.05, 4.69) is 19.9 Å². The summed E-state index contributed by atoms with van der Waals surface area (Å²) in [4.78, 5) is 12.2. The van der Waals surface area contributed by atoms with Gasteiger partial charge >= 0.3 is 0 Å². The number of rotatable bonds is 3. The number of carbonyl (C=O) groups is 1. The van der Waals surface area contributed by atoms with E-state index in [1.165, 1.54) is 5.56 Å². The molecule has 0 saturated heterocycles. The van der Waals surface area contributed by atoms with Crippen molar-refractivity contribution in [2.24, 2.45) is 5.92 Å². The Bertz CT molecular complexity index is 409. The lowest BCUT2D eigenvalue weighted by Crippen LogP contribution is -2.11. The van der Waals surface area contributed by atoms with Crippen molar-refractivity contribution in [1.82, 2.24) is 0 Å². The lowest BCUT2D eigenvalue weighted by Gasteiger charge is -2.15. The second-order valence-corrected chi connectivity index (χ2v) is 4.35. The molecule has 0 saturated carbocycles. The van der Waals surface area contributed by atoms with Crippen LogP contribution in [0.2, 0.25) is 0 Å². The molecule has 1 aliphatic rings. The lowest BCUT2D eigenvalue weighted by molar-refractivity contribution is 0.0918. The summed E-state index contributed by atoms with van der Waals surface area (Å²) in [6, 6.07) is 5.89. The Morgan fingerprint density at radius 3 is 2.44 bits per heavy atom. The van der Waals surface area contributed by atoms with Crippen LogP contribution in [0.3, 0.4) is 0 Å². The molecule has 2 heteroatoms. The van der Waals surface area contributed by atoms with Crippen LogP contribution in [0.4, 0.5) is 0 Å². The zero-order valence-corrected chi connectivity index (χ0v) is 10.1. The third-order valence-corrected chi connectivity index (χ3v) is 3.63. The van der Waals surface area contributed by atoms with E-state index in [0.717, 1.165) is 24.2 Å². The summed E-state index contributed by atoms with van der Waals surface area (Å²) >= 11 is 0. The van der Waals surface area contributed by atoms with Gasteiger partial charge in [0, 0.05) is 11.5 Å². The van der Waals surface area contributed by atoms with Gasteiger partial charge in [0.2, 0.25) is 0 Å². The molecule has 0 bridgehead atoms. The number of hydrogen-bond acceptors (Lipinski definition) is 2. The van der Waals surface area contributed by atoms with E-state index in [1.807, 2.05) is 12.1 Å². The molecule has 86 valence electrons. The highest BCUT2D eigenvalue weighted by atomic mass is 16.5. The highest BCUT2D eigenvalue weighted by Crippen LogP contribution is 2.42. The molecule has 0 N–H and O–H groups in total. The van der Waals surface area contributed by atoms with Crippen molar-refractivity contribution in [1.29, 1.82) is 0 Å². The van der Waals surface area contributed by atoms with E-state index in [4.69, 9.17) is 4.74 Å². The van der Waals surface area contributed by atoms with E-state index < -0.39 is 0 Å². The molecule has 2 atom stereocenters. The zero-order chi connectivity index (χ0) is 11.7. The van der Waals surface area contributed by atoms with E-state index >= 15 is 0 Å². The molecule has 2 nitrogen and oxygen atoms in total. The van der Waals surface area contributed by atoms with Gasteiger partial charge in [-0.05, 0) is 36.5 Å². The van der Waals surface area contributed by atoms with Gasteiger partial charge in [0.15, 0.2) is 5.78 Å². The Balaban J connectivity index is 2.48. The quantitative estimate of drug-likeness (QED) is 0.777. The van der Waals surface area contributed by atoms with Gasteiger partial charge in [0.1, 0.15) is 5.75 Å². The smallest absolute Gasteiger partial charge is 0.166 e. The molecule has 0 heterocycles. The van der Waals surface area contributed by atoms with Crippen LogP contribution in [0.5, 0.6) is 5.75 Å². The van der Waals surface area contributed by atoms with Gasteiger partial charge in [-0.1, -0.05) is 19.9 Å². The van der Waals surface area contributed by atoms with Crippen molar-refractivity contribution < 1.29 is 9.53 Å². The first-order chi connectivity index (χ1) is 7.72. The number of methoxy groups -OCH3 is 1. The van der Waals surface area contributed by atoms with Gasteiger partial charge in [-0.25, -0.2) is 0 Å². The summed E-state index contributed by atoms with van der Waals surface area (Å²) < 4.78 is 5.17. The van der Waals surface area contributed by atoms with Crippen LogP contribution >= 0.6 is 0 Å². The average molecular weight is 218 g/mol. The fourth-order valence-electron chi connectivity index (χ4n) is 2.77. The maximum Gasteiger partial charge on any atom is 0.166 e. The summed E-state index contributed by atoms with van der Waals surface area (Å²) in [6.45, 7) is 4.24. The molecule has 16 heavy (non-hydrogen) atoms. The highest BCUT2D eigenvalue weighted by Gasteiger charge is 2.37. The Morgan fingerprint density at radius 2 is 1.88 bits per heavy atom. The molecule has 0 radical (unpaired) electrons. The number of hydrogen-bond donors (Lipinski definition) is 0.